The predicted octanol–water partition coefficient (Wildman–Crippen LogP) is -0.752. The van der Waals surface area contributed by atoms with Crippen LogP contribution in [0.15, 0.2) is 12.4 Å². The fourth-order valence-electron chi connectivity index (χ4n) is 1.75. The smallest absolute Gasteiger partial charge is 0.215 e. The van der Waals surface area contributed by atoms with Crippen molar-refractivity contribution in [3.8, 4) is 0 Å². The Hall–Kier alpha value is -0.920. The molecule has 0 saturated carbocycles. The lowest BCUT2D eigenvalue weighted by Gasteiger charge is -2.26. The summed E-state index contributed by atoms with van der Waals surface area (Å²) in [6.07, 6.45) is 3.59. The van der Waals surface area contributed by atoms with Crippen LogP contribution in [-0.4, -0.2) is 48.2 Å². The van der Waals surface area contributed by atoms with Gasteiger partial charge in [0.05, 0.1) is 12.3 Å². The number of aromatic nitrogens is 2. The van der Waals surface area contributed by atoms with Gasteiger partial charge < -0.3 is 9.88 Å². The second-order valence-corrected chi connectivity index (χ2v) is 5.88. The van der Waals surface area contributed by atoms with Crippen molar-refractivity contribution >= 4 is 10.0 Å². The van der Waals surface area contributed by atoms with Crippen LogP contribution in [0.3, 0.4) is 0 Å². The highest BCUT2D eigenvalue weighted by Gasteiger charge is 2.26. The van der Waals surface area contributed by atoms with E-state index in [9.17, 15) is 8.42 Å². The Balaban J connectivity index is 2.08. The van der Waals surface area contributed by atoms with Gasteiger partial charge in [-0.15, -0.1) is 0 Å². The molecule has 0 fully saturated rings. The van der Waals surface area contributed by atoms with Crippen molar-refractivity contribution in [3.63, 3.8) is 0 Å². The van der Waals surface area contributed by atoms with Gasteiger partial charge in [-0.1, -0.05) is 0 Å². The van der Waals surface area contributed by atoms with Crippen LogP contribution in [0.4, 0.5) is 0 Å². The summed E-state index contributed by atoms with van der Waals surface area (Å²) >= 11 is 0. The molecule has 1 N–H and O–H groups in total. The molecule has 0 aromatic carbocycles. The lowest BCUT2D eigenvalue weighted by molar-refractivity contribution is 0.335. The van der Waals surface area contributed by atoms with Gasteiger partial charge in [0.2, 0.25) is 10.0 Å². The zero-order valence-corrected chi connectivity index (χ0v) is 10.1. The van der Waals surface area contributed by atoms with Gasteiger partial charge in [-0.25, -0.2) is 13.4 Å². The van der Waals surface area contributed by atoms with Crippen molar-refractivity contribution in [2.75, 3.05) is 25.9 Å². The molecule has 0 radical (unpaired) electrons. The monoisotopic (exact) mass is 244 g/mol. The topological polar surface area (TPSA) is 67.2 Å². The van der Waals surface area contributed by atoms with Gasteiger partial charge >= 0.3 is 0 Å². The molecule has 2 rings (SSSR count). The summed E-state index contributed by atoms with van der Waals surface area (Å²) in [6.45, 7) is 2.09. The first-order chi connectivity index (χ1) is 7.63. The first-order valence-electron chi connectivity index (χ1n) is 5.26. The average Bonchev–Trinajstić information content (AvgIpc) is 2.73. The lowest BCUT2D eigenvalue weighted by Crippen LogP contribution is -2.41. The van der Waals surface area contributed by atoms with Crippen molar-refractivity contribution < 1.29 is 8.42 Å². The molecule has 0 spiro atoms. The van der Waals surface area contributed by atoms with E-state index in [1.807, 2.05) is 10.8 Å². The van der Waals surface area contributed by atoms with E-state index in [1.165, 1.54) is 4.31 Å². The summed E-state index contributed by atoms with van der Waals surface area (Å²) in [5.74, 6) is 0.962. The van der Waals surface area contributed by atoms with Crippen LogP contribution < -0.4 is 5.32 Å². The second kappa shape index (κ2) is 4.52. The van der Waals surface area contributed by atoms with Gasteiger partial charge in [-0.3, -0.25) is 0 Å². The Morgan fingerprint density at radius 1 is 1.50 bits per heavy atom. The van der Waals surface area contributed by atoms with E-state index in [0.29, 0.717) is 26.2 Å². The summed E-state index contributed by atoms with van der Waals surface area (Å²) < 4.78 is 27.3. The molecule has 1 aromatic heterocycles. The van der Waals surface area contributed by atoms with E-state index < -0.39 is 10.0 Å². The fraction of sp³-hybridized carbons (Fsp3) is 0.667. The summed E-state index contributed by atoms with van der Waals surface area (Å²) in [5.41, 5.74) is 0. The molecule has 0 unspecified atom stereocenters. The van der Waals surface area contributed by atoms with E-state index in [2.05, 4.69) is 10.3 Å². The Labute approximate surface area is 95.3 Å². The summed E-state index contributed by atoms with van der Waals surface area (Å²) in [5, 5.41) is 2.85. The Kier molecular flexibility index (Phi) is 3.27. The molecule has 0 atom stereocenters. The largest absolute Gasteiger partial charge is 0.333 e. The minimum absolute atomic E-state index is 0.143. The Bertz CT molecular complexity index is 454. The quantitative estimate of drug-likeness (QED) is 0.756. The third-order valence-electron chi connectivity index (χ3n) is 2.71. The SMILES string of the molecule is CNCCS(=O)(=O)N1CCn2ccnc2C1. The van der Waals surface area contributed by atoms with E-state index in [4.69, 9.17) is 0 Å². The third-order valence-corrected chi connectivity index (χ3v) is 4.53. The van der Waals surface area contributed by atoms with Crippen molar-refractivity contribution in [1.29, 1.82) is 0 Å². The molecule has 2 heterocycles. The first kappa shape index (κ1) is 11.6. The molecule has 7 heteroatoms. The molecule has 6 nitrogen and oxygen atoms in total. The van der Waals surface area contributed by atoms with Crippen molar-refractivity contribution in [2.45, 2.75) is 13.1 Å². The van der Waals surface area contributed by atoms with Crippen LogP contribution in [-0.2, 0) is 23.1 Å². The Morgan fingerprint density at radius 3 is 3.06 bits per heavy atom. The molecule has 1 aliphatic heterocycles. The van der Waals surface area contributed by atoms with Crippen molar-refractivity contribution in [1.82, 2.24) is 19.2 Å². The molecule has 0 amide bonds. The van der Waals surface area contributed by atoms with Crippen molar-refractivity contribution in [3.05, 3.63) is 18.2 Å². The zero-order valence-electron chi connectivity index (χ0n) is 9.26. The number of hydrogen-bond acceptors (Lipinski definition) is 4. The molecule has 0 aliphatic carbocycles. The molecule has 16 heavy (non-hydrogen) atoms. The number of fused-ring (bicyclic) bond motifs is 1. The van der Waals surface area contributed by atoms with Gasteiger partial charge in [0, 0.05) is 32.0 Å². The van der Waals surface area contributed by atoms with Crippen LogP contribution >= 0.6 is 0 Å². The van der Waals surface area contributed by atoms with Gasteiger partial charge in [0.15, 0.2) is 0 Å². The van der Waals surface area contributed by atoms with E-state index in [0.717, 1.165) is 5.82 Å². The van der Waals surface area contributed by atoms with Crippen LogP contribution in [0.5, 0.6) is 0 Å². The highest BCUT2D eigenvalue weighted by Crippen LogP contribution is 2.14. The standard InChI is InChI=1S/C9H16N4O2S/c1-10-3-7-16(14,15)13-6-5-12-4-2-11-9(12)8-13/h2,4,10H,3,5-8H2,1H3. The maximum absolute atomic E-state index is 11.9. The van der Waals surface area contributed by atoms with Crippen LogP contribution in [0, 0.1) is 0 Å². The summed E-state index contributed by atoms with van der Waals surface area (Å²) in [6, 6.07) is 0. The highest BCUT2D eigenvalue weighted by molar-refractivity contribution is 7.89. The highest BCUT2D eigenvalue weighted by atomic mass is 32.2. The molecule has 90 valence electrons. The van der Waals surface area contributed by atoms with Crippen molar-refractivity contribution in [2.24, 2.45) is 0 Å². The van der Waals surface area contributed by atoms with E-state index >= 15 is 0 Å². The van der Waals surface area contributed by atoms with Crippen LogP contribution in [0.2, 0.25) is 0 Å². The minimum atomic E-state index is -3.15. The number of sulfonamides is 1. The molecule has 0 bridgehead atoms. The normalized spacial score (nSPS) is 17.3. The lowest BCUT2D eigenvalue weighted by atomic mass is 10.4. The predicted molar refractivity (Wildman–Crippen MR) is 60.4 cm³/mol. The maximum Gasteiger partial charge on any atom is 0.215 e. The maximum atomic E-state index is 11.9. The minimum Gasteiger partial charge on any atom is -0.333 e. The van der Waals surface area contributed by atoms with Gasteiger partial charge in [0.1, 0.15) is 5.82 Å². The Morgan fingerprint density at radius 2 is 2.31 bits per heavy atom. The molecule has 1 aliphatic rings. The molecular weight excluding hydrogens is 228 g/mol. The van der Waals surface area contributed by atoms with Gasteiger partial charge in [-0.05, 0) is 7.05 Å². The second-order valence-electron chi connectivity index (χ2n) is 3.79. The number of hydrogen-bond donors (Lipinski definition) is 1. The summed E-state index contributed by atoms with van der Waals surface area (Å²) in [7, 11) is -1.40. The van der Waals surface area contributed by atoms with Gasteiger partial charge in [-0.2, -0.15) is 4.31 Å². The fourth-order valence-corrected chi connectivity index (χ4v) is 3.14. The number of imidazole rings is 1. The van der Waals surface area contributed by atoms with E-state index in [-0.39, 0.29) is 5.75 Å². The summed E-state index contributed by atoms with van der Waals surface area (Å²) in [4.78, 5) is 4.14. The number of nitrogens with zero attached hydrogens (tertiary/aromatic N) is 3. The number of nitrogens with one attached hydrogen (secondary N) is 1. The van der Waals surface area contributed by atoms with Gasteiger partial charge in [0.25, 0.3) is 0 Å². The average molecular weight is 244 g/mol. The molecule has 0 saturated heterocycles. The van der Waals surface area contributed by atoms with E-state index in [1.54, 1.807) is 13.2 Å². The molecule has 1 aromatic rings. The van der Waals surface area contributed by atoms with Crippen LogP contribution in [0.25, 0.3) is 0 Å². The zero-order chi connectivity index (χ0) is 11.6. The van der Waals surface area contributed by atoms with Crippen LogP contribution in [0.1, 0.15) is 5.82 Å². The number of rotatable bonds is 4. The third kappa shape index (κ3) is 2.26. The first-order valence-corrected chi connectivity index (χ1v) is 6.87. The molecular formula is C9H16N4O2S.